The highest BCUT2D eigenvalue weighted by atomic mass is 79.9. The Morgan fingerprint density at radius 2 is 1.82 bits per heavy atom. The van der Waals surface area contributed by atoms with Gasteiger partial charge in [-0.15, -0.1) is 0 Å². The molecule has 2 aliphatic rings. The van der Waals surface area contributed by atoms with Crippen molar-refractivity contribution in [1.82, 2.24) is 19.5 Å². The molecule has 0 aliphatic heterocycles. The number of nitrogens with one attached hydrogen (secondary N) is 1. The Hall–Kier alpha value is -1.68. The lowest BCUT2D eigenvalue weighted by Crippen LogP contribution is -2.17. The molecule has 0 spiro atoms. The molecule has 2 aromatic rings. The molecule has 0 atom stereocenters. The van der Waals surface area contributed by atoms with Gasteiger partial charge in [0.15, 0.2) is 16.2 Å². The number of aryl methyl sites for hydroxylation is 1. The first-order valence-corrected chi connectivity index (χ1v) is 11.5. The highest BCUT2D eigenvalue weighted by Gasteiger charge is 2.22. The number of nitrogens with zero attached hydrogens (tertiary/aromatic N) is 5. The third kappa shape index (κ3) is 4.32. The summed E-state index contributed by atoms with van der Waals surface area (Å²) in [5.41, 5.74) is 1.52. The van der Waals surface area contributed by atoms with E-state index in [1.807, 2.05) is 0 Å². The summed E-state index contributed by atoms with van der Waals surface area (Å²) in [7, 11) is 0. The number of nitriles is 1. The molecule has 0 bridgehead atoms. The fraction of sp³-hybridized carbons (Fsp3) is 0.714. The molecule has 7 heteroatoms. The number of anilines is 1. The first kappa shape index (κ1) is 19.6. The standard InChI is InChI=1S/C21H29BrN6/c1-14-5-7-16(8-6-14)10-12-28-18-19(24-11-9-15-3-2-4-15)25-17(13-23)26-20(18)27-21(28)22/h14-16H,2-12H2,1H3,(H,24,25,26)/t14-,16-. The molecule has 0 radical (unpaired) electrons. The Balaban J connectivity index is 1.53. The average Bonchev–Trinajstić information content (AvgIpc) is 2.98. The number of aromatic nitrogens is 4. The van der Waals surface area contributed by atoms with Crippen LogP contribution in [0.3, 0.4) is 0 Å². The van der Waals surface area contributed by atoms with Crippen LogP contribution in [0, 0.1) is 29.1 Å². The van der Waals surface area contributed by atoms with Crippen LogP contribution in [0.4, 0.5) is 5.82 Å². The van der Waals surface area contributed by atoms with Gasteiger partial charge in [0.05, 0.1) is 0 Å². The monoisotopic (exact) mass is 444 g/mol. The molecule has 2 saturated carbocycles. The zero-order chi connectivity index (χ0) is 19.5. The van der Waals surface area contributed by atoms with Crippen molar-refractivity contribution in [3.05, 3.63) is 10.6 Å². The molecule has 2 aliphatic carbocycles. The van der Waals surface area contributed by atoms with Gasteiger partial charge in [-0.2, -0.15) is 15.2 Å². The molecule has 2 fully saturated rings. The van der Waals surface area contributed by atoms with Crippen molar-refractivity contribution < 1.29 is 0 Å². The van der Waals surface area contributed by atoms with Crippen LogP contribution in [0.25, 0.3) is 11.2 Å². The molecule has 4 rings (SSSR count). The summed E-state index contributed by atoms with van der Waals surface area (Å²) in [6.07, 6.45) is 11.7. The first-order valence-electron chi connectivity index (χ1n) is 10.7. The number of imidazole rings is 1. The molecule has 2 aromatic heterocycles. The van der Waals surface area contributed by atoms with Gasteiger partial charge in [0, 0.05) is 13.1 Å². The maximum absolute atomic E-state index is 9.30. The molecule has 2 heterocycles. The fourth-order valence-electron chi connectivity index (χ4n) is 4.49. The number of hydrogen-bond acceptors (Lipinski definition) is 5. The van der Waals surface area contributed by atoms with Crippen molar-refractivity contribution in [3.63, 3.8) is 0 Å². The molecule has 1 N–H and O–H groups in total. The van der Waals surface area contributed by atoms with Gasteiger partial charge in [-0.25, -0.2) is 4.98 Å². The van der Waals surface area contributed by atoms with Crippen LogP contribution in [0.1, 0.15) is 70.5 Å². The van der Waals surface area contributed by atoms with E-state index in [1.165, 1.54) is 44.9 Å². The van der Waals surface area contributed by atoms with E-state index in [9.17, 15) is 5.26 Å². The summed E-state index contributed by atoms with van der Waals surface area (Å²) < 4.78 is 2.96. The summed E-state index contributed by atoms with van der Waals surface area (Å²) in [6, 6.07) is 2.07. The lowest BCUT2D eigenvalue weighted by molar-refractivity contribution is 0.269. The lowest BCUT2D eigenvalue weighted by Gasteiger charge is -2.26. The molecule has 0 amide bonds. The van der Waals surface area contributed by atoms with Gasteiger partial charge in [0.2, 0.25) is 5.82 Å². The third-order valence-electron chi connectivity index (χ3n) is 6.62. The van der Waals surface area contributed by atoms with Crippen molar-refractivity contribution in [2.24, 2.45) is 17.8 Å². The fourth-order valence-corrected chi connectivity index (χ4v) is 5.02. The molecule has 6 nitrogen and oxygen atoms in total. The SMILES string of the molecule is C[C@H]1CC[C@H](CCn2c(Br)nc3nc(C#N)nc(NCCC4CCC4)c32)CC1. The summed E-state index contributed by atoms with van der Waals surface area (Å²) in [5.74, 6) is 3.43. The predicted molar refractivity (Wildman–Crippen MR) is 114 cm³/mol. The maximum atomic E-state index is 9.30. The van der Waals surface area contributed by atoms with E-state index >= 15 is 0 Å². The minimum absolute atomic E-state index is 0.178. The topological polar surface area (TPSA) is 79.4 Å². The molecule has 0 unspecified atom stereocenters. The molecule has 0 saturated heterocycles. The molecule has 150 valence electrons. The second-order valence-electron chi connectivity index (χ2n) is 8.64. The van der Waals surface area contributed by atoms with E-state index < -0.39 is 0 Å². The second-order valence-corrected chi connectivity index (χ2v) is 9.35. The maximum Gasteiger partial charge on any atom is 0.236 e. The summed E-state index contributed by atoms with van der Waals surface area (Å²) in [5, 5.41) is 12.8. The van der Waals surface area contributed by atoms with Gasteiger partial charge in [-0.3, -0.25) is 0 Å². The number of hydrogen-bond donors (Lipinski definition) is 1. The van der Waals surface area contributed by atoms with E-state index in [1.54, 1.807) is 0 Å². The number of halogens is 1. The van der Waals surface area contributed by atoms with E-state index in [4.69, 9.17) is 0 Å². The van der Waals surface area contributed by atoms with Gasteiger partial charge >= 0.3 is 0 Å². The van der Waals surface area contributed by atoms with Crippen LogP contribution < -0.4 is 5.32 Å². The van der Waals surface area contributed by atoms with Crippen LogP contribution in [-0.2, 0) is 6.54 Å². The number of fused-ring (bicyclic) bond motifs is 1. The van der Waals surface area contributed by atoms with Crippen LogP contribution in [0.5, 0.6) is 0 Å². The molecule has 0 aromatic carbocycles. The van der Waals surface area contributed by atoms with Crippen molar-refractivity contribution in [3.8, 4) is 6.07 Å². The van der Waals surface area contributed by atoms with Crippen molar-refractivity contribution in [2.45, 2.75) is 71.3 Å². The summed E-state index contributed by atoms with van der Waals surface area (Å²) in [6.45, 7) is 4.15. The second kappa shape index (κ2) is 8.77. The zero-order valence-electron chi connectivity index (χ0n) is 16.6. The smallest absolute Gasteiger partial charge is 0.236 e. The van der Waals surface area contributed by atoms with Crippen LogP contribution in [-0.4, -0.2) is 26.1 Å². The van der Waals surface area contributed by atoms with Gasteiger partial charge in [-0.1, -0.05) is 51.9 Å². The van der Waals surface area contributed by atoms with Gasteiger partial charge in [-0.05, 0) is 46.5 Å². The summed E-state index contributed by atoms with van der Waals surface area (Å²) in [4.78, 5) is 13.4. The minimum atomic E-state index is 0.178. The van der Waals surface area contributed by atoms with Crippen molar-refractivity contribution in [1.29, 1.82) is 5.26 Å². The normalized spacial score (nSPS) is 22.8. The van der Waals surface area contributed by atoms with Gasteiger partial charge in [0.1, 0.15) is 11.6 Å². The van der Waals surface area contributed by atoms with Gasteiger partial charge in [0.25, 0.3) is 0 Å². The molecular formula is C21H29BrN6. The Morgan fingerprint density at radius 3 is 2.50 bits per heavy atom. The Morgan fingerprint density at radius 1 is 1.07 bits per heavy atom. The Kier molecular flexibility index (Phi) is 6.15. The summed E-state index contributed by atoms with van der Waals surface area (Å²) >= 11 is 3.61. The lowest BCUT2D eigenvalue weighted by atomic mass is 9.81. The van der Waals surface area contributed by atoms with E-state index in [2.05, 4.69) is 53.8 Å². The van der Waals surface area contributed by atoms with Crippen LogP contribution in [0.2, 0.25) is 0 Å². The van der Waals surface area contributed by atoms with Crippen molar-refractivity contribution in [2.75, 3.05) is 11.9 Å². The highest BCUT2D eigenvalue weighted by molar-refractivity contribution is 9.10. The molecular weight excluding hydrogens is 416 g/mol. The van der Waals surface area contributed by atoms with E-state index in [0.29, 0.717) is 5.65 Å². The largest absolute Gasteiger partial charge is 0.368 e. The van der Waals surface area contributed by atoms with E-state index in [-0.39, 0.29) is 5.82 Å². The Labute approximate surface area is 175 Å². The predicted octanol–water partition coefficient (Wildman–Crippen LogP) is 5.28. The molecule has 28 heavy (non-hydrogen) atoms. The van der Waals surface area contributed by atoms with Gasteiger partial charge < -0.3 is 9.88 Å². The van der Waals surface area contributed by atoms with Crippen LogP contribution >= 0.6 is 15.9 Å². The Bertz CT molecular complexity index is 858. The minimum Gasteiger partial charge on any atom is -0.368 e. The zero-order valence-corrected chi connectivity index (χ0v) is 18.2. The third-order valence-corrected chi connectivity index (χ3v) is 7.23. The first-order chi connectivity index (χ1) is 13.6. The van der Waals surface area contributed by atoms with Crippen LogP contribution in [0.15, 0.2) is 4.73 Å². The quantitative estimate of drug-likeness (QED) is 0.587. The van der Waals surface area contributed by atoms with Crippen molar-refractivity contribution >= 4 is 32.9 Å². The average molecular weight is 445 g/mol. The van der Waals surface area contributed by atoms with E-state index in [0.717, 1.165) is 59.8 Å². The highest BCUT2D eigenvalue weighted by Crippen LogP contribution is 2.33. The number of rotatable bonds is 7.